The number of amides is 1. The third-order valence-corrected chi connectivity index (χ3v) is 2.84. The second-order valence-electron chi connectivity index (χ2n) is 4.51. The van der Waals surface area contributed by atoms with Crippen LogP contribution >= 0.6 is 0 Å². The van der Waals surface area contributed by atoms with Crippen molar-refractivity contribution in [3.05, 3.63) is 59.6 Å². The maximum Gasteiger partial charge on any atom is 0.338 e. The van der Waals surface area contributed by atoms with Gasteiger partial charge in [0.25, 0.3) is 5.91 Å². The molecule has 0 aliphatic heterocycles. The molecule has 0 aliphatic carbocycles. The van der Waals surface area contributed by atoms with Gasteiger partial charge >= 0.3 is 5.97 Å². The van der Waals surface area contributed by atoms with Crippen molar-refractivity contribution in [2.24, 2.45) is 0 Å². The molecule has 2 rings (SSSR count). The van der Waals surface area contributed by atoms with Gasteiger partial charge in [-0.1, -0.05) is 0 Å². The molecular weight excluding hydrogens is 296 g/mol. The molecule has 0 saturated heterocycles. The van der Waals surface area contributed by atoms with Crippen molar-refractivity contribution in [3.8, 4) is 0 Å². The first kappa shape index (κ1) is 15.7. The summed E-state index contributed by atoms with van der Waals surface area (Å²) in [5.74, 6) is -3.13. The Labute approximate surface area is 124 Å². The standard InChI is InChI=1S/C15H13F2NO4/c1-9(13-3-2-6-21-13)18-14(19)8-22-15(20)10-4-5-11(16)12(17)7-10/h2-7,9H,8H2,1H3,(H,18,19)/t9-/m1/s1. The second kappa shape index (κ2) is 6.84. The fourth-order valence-corrected chi connectivity index (χ4v) is 1.73. The Morgan fingerprint density at radius 1 is 1.27 bits per heavy atom. The van der Waals surface area contributed by atoms with Gasteiger partial charge in [-0.25, -0.2) is 13.6 Å². The number of carbonyl (C=O) groups excluding carboxylic acids is 2. The summed E-state index contributed by atoms with van der Waals surface area (Å²) >= 11 is 0. The molecule has 0 bridgehead atoms. The van der Waals surface area contributed by atoms with Gasteiger partial charge in [-0.2, -0.15) is 0 Å². The molecular formula is C15H13F2NO4. The largest absolute Gasteiger partial charge is 0.467 e. The van der Waals surface area contributed by atoms with Crippen molar-refractivity contribution < 1.29 is 27.5 Å². The molecule has 1 aromatic carbocycles. The van der Waals surface area contributed by atoms with Crippen molar-refractivity contribution in [1.29, 1.82) is 0 Å². The highest BCUT2D eigenvalue weighted by atomic mass is 19.2. The summed E-state index contributed by atoms with van der Waals surface area (Å²) in [6, 6.07) is 5.58. The zero-order valence-corrected chi connectivity index (χ0v) is 11.6. The van der Waals surface area contributed by atoms with Gasteiger partial charge in [0.15, 0.2) is 18.2 Å². The molecule has 2 aromatic rings. The molecule has 1 N–H and O–H groups in total. The minimum Gasteiger partial charge on any atom is -0.467 e. The van der Waals surface area contributed by atoms with Crippen LogP contribution in [0.1, 0.15) is 29.1 Å². The number of ether oxygens (including phenoxy) is 1. The van der Waals surface area contributed by atoms with Gasteiger partial charge in [0.05, 0.1) is 17.9 Å². The van der Waals surface area contributed by atoms with Crippen LogP contribution in [-0.2, 0) is 9.53 Å². The van der Waals surface area contributed by atoms with Crippen LogP contribution < -0.4 is 5.32 Å². The molecule has 0 spiro atoms. The van der Waals surface area contributed by atoms with Crippen LogP contribution in [0.5, 0.6) is 0 Å². The number of hydrogen-bond acceptors (Lipinski definition) is 4. The summed E-state index contributed by atoms with van der Waals surface area (Å²) in [4.78, 5) is 23.3. The minimum absolute atomic E-state index is 0.175. The fourth-order valence-electron chi connectivity index (χ4n) is 1.73. The van der Waals surface area contributed by atoms with Gasteiger partial charge in [0.2, 0.25) is 0 Å². The van der Waals surface area contributed by atoms with Gasteiger partial charge in [-0.05, 0) is 37.3 Å². The van der Waals surface area contributed by atoms with E-state index < -0.39 is 30.1 Å². The van der Waals surface area contributed by atoms with Crippen LogP contribution in [0.15, 0.2) is 41.0 Å². The fraction of sp³-hybridized carbons (Fsp3) is 0.200. The highest BCUT2D eigenvalue weighted by Crippen LogP contribution is 2.12. The topological polar surface area (TPSA) is 68.5 Å². The smallest absolute Gasteiger partial charge is 0.338 e. The third kappa shape index (κ3) is 3.91. The minimum atomic E-state index is -1.16. The van der Waals surface area contributed by atoms with E-state index in [0.717, 1.165) is 12.1 Å². The Balaban J connectivity index is 1.85. The van der Waals surface area contributed by atoms with Crippen LogP contribution in [0, 0.1) is 11.6 Å². The molecule has 0 aliphatic rings. The second-order valence-corrected chi connectivity index (χ2v) is 4.51. The summed E-state index contributed by atoms with van der Waals surface area (Å²) in [5.41, 5.74) is -0.175. The Morgan fingerprint density at radius 3 is 2.68 bits per heavy atom. The highest BCUT2D eigenvalue weighted by molar-refractivity contribution is 5.91. The predicted octanol–water partition coefficient (Wildman–Crippen LogP) is 2.59. The Bertz CT molecular complexity index is 670. The molecule has 0 unspecified atom stereocenters. The maximum absolute atomic E-state index is 13.0. The van der Waals surface area contributed by atoms with Gasteiger partial charge in [-0.15, -0.1) is 0 Å². The molecule has 0 saturated carbocycles. The lowest BCUT2D eigenvalue weighted by Gasteiger charge is -2.11. The predicted molar refractivity (Wildman–Crippen MR) is 71.9 cm³/mol. The van der Waals surface area contributed by atoms with E-state index in [1.54, 1.807) is 19.1 Å². The molecule has 0 fully saturated rings. The van der Waals surface area contributed by atoms with E-state index in [2.05, 4.69) is 5.32 Å². The van der Waals surface area contributed by atoms with Gasteiger partial charge in [0.1, 0.15) is 5.76 Å². The number of nitrogens with one attached hydrogen (secondary N) is 1. The number of halogens is 2. The first-order chi connectivity index (χ1) is 10.5. The van der Waals surface area contributed by atoms with Crippen LogP contribution in [0.25, 0.3) is 0 Å². The average molecular weight is 309 g/mol. The molecule has 5 nitrogen and oxygen atoms in total. The molecule has 7 heteroatoms. The van der Waals surface area contributed by atoms with Crippen LogP contribution in [0.3, 0.4) is 0 Å². The normalized spacial score (nSPS) is 11.8. The lowest BCUT2D eigenvalue weighted by atomic mass is 10.2. The summed E-state index contributed by atoms with van der Waals surface area (Å²) in [6.45, 7) is 1.16. The van der Waals surface area contributed by atoms with Crippen molar-refractivity contribution in [1.82, 2.24) is 5.32 Å². The van der Waals surface area contributed by atoms with E-state index >= 15 is 0 Å². The number of esters is 1. The van der Waals surface area contributed by atoms with Crippen LogP contribution in [0.2, 0.25) is 0 Å². The lowest BCUT2D eigenvalue weighted by Crippen LogP contribution is -2.31. The van der Waals surface area contributed by atoms with Gasteiger partial charge < -0.3 is 14.5 Å². The van der Waals surface area contributed by atoms with E-state index in [-0.39, 0.29) is 11.6 Å². The van der Waals surface area contributed by atoms with Crippen LogP contribution in [-0.4, -0.2) is 18.5 Å². The Kier molecular flexibility index (Phi) is 4.88. The lowest BCUT2D eigenvalue weighted by molar-refractivity contribution is -0.125. The van der Waals surface area contributed by atoms with Gasteiger partial charge in [-0.3, -0.25) is 4.79 Å². The number of rotatable bonds is 5. The van der Waals surface area contributed by atoms with Gasteiger partial charge in [0, 0.05) is 0 Å². The molecule has 116 valence electrons. The number of carbonyl (C=O) groups is 2. The first-order valence-corrected chi connectivity index (χ1v) is 6.42. The maximum atomic E-state index is 13.0. The van der Waals surface area contributed by atoms with Crippen molar-refractivity contribution in [2.75, 3.05) is 6.61 Å². The monoisotopic (exact) mass is 309 g/mol. The van der Waals surface area contributed by atoms with Crippen molar-refractivity contribution in [3.63, 3.8) is 0 Å². The zero-order chi connectivity index (χ0) is 16.1. The zero-order valence-electron chi connectivity index (χ0n) is 11.6. The van der Waals surface area contributed by atoms with E-state index in [1.807, 2.05) is 0 Å². The number of benzene rings is 1. The van der Waals surface area contributed by atoms with E-state index in [9.17, 15) is 18.4 Å². The molecule has 22 heavy (non-hydrogen) atoms. The average Bonchev–Trinajstić information content (AvgIpc) is 3.02. The summed E-state index contributed by atoms with van der Waals surface area (Å²) in [7, 11) is 0. The van der Waals surface area contributed by atoms with Crippen molar-refractivity contribution >= 4 is 11.9 Å². The molecule has 0 radical (unpaired) electrons. The van der Waals surface area contributed by atoms with E-state index in [1.165, 1.54) is 6.26 Å². The molecule has 1 amide bonds. The summed E-state index contributed by atoms with van der Waals surface area (Å²) < 4.78 is 35.6. The molecule has 1 heterocycles. The van der Waals surface area contributed by atoms with E-state index in [4.69, 9.17) is 9.15 Å². The third-order valence-electron chi connectivity index (χ3n) is 2.84. The summed E-state index contributed by atoms with van der Waals surface area (Å²) in [6.07, 6.45) is 1.47. The van der Waals surface area contributed by atoms with E-state index in [0.29, 0.717) is 11.8 Å². The summed E-state index contributed by atoms with van der Waals surface area (Å²) in [5, 5.41) is 2.57. The van der Waals surface area contributed by atoms with Crippen LogP contribution in [0.4, 0.5) is 8.78 Å². The first-order valence-electron chi connectivity index (χ1n) is 6.42. The Hall–Kier alpha value is -2.70. The molecule has 1 aromatic heterocycles. The number of furan rings is 1. The quantitative estimate of drug-likeness (QED) is 0.862. The van der Waals surface area contributed by atoms with Crippen molar-refractivity contribution in [2.45, 2.75) is 13.0 Å². The highest BCUT2D eigenvalue weighted by Gasteiger charge is 2.15. The Morgan fingerprint density at radius 2 is 2.05 bits per heavy atom. The number of hydrogen-bond donors (Lipinski definition) is 1. The SMILES string of the molecule is C[C@@H](NC(=O)COC(=O)c1ccc(F)c(F)c1)c1ccco1. The molecule has 1 atom stereocenters.